The van der Waals surface area contributed by atoms with E-state index in [2.05, 4.69) is 17.6 Å². The van der Waals surface area contributed by atoms with Crippen molar-refractivity contribution in [3.8, 4) is 0 Å². The Kier molecular flexibility index (Phi) is 6.23. The molecular weight excluding hydrogens is 413 g/mol. The van der Waals surface area contributed by atoms with Crippen molar-refractivity contribution in [1.82, 2.24) is 5.32 Å². The molecule has 1 atom stereocenters. The number of thioether (sulfide) groups is 1. The summed E-state index contributed by atoms with van der Waals surface area (Å²) in [6, 6.07) is 20.6. The summed E-state index contributed by atoms with van der Waals surface area (Å²) in [5, 5.41) is 5.90. The van der Waals surface area contributed by atoms with E-state index in [-0.39, 0.29) is 24.3 Å². The topological polar surface area (TPSA) is 61.4 Å². The minimum atomic E-state index is -0.354. The second-order valence-electron chi connectivity index (χ2n) is 7.29. The number of rotatable bonds is 4. The monoisotopic (exact) mass is 435 g/mol. The molecule has 0 unspecified atom stereocenters. The second kappa shape index (κ2) is 9.22. The lowest BCUT2D eigenvalue weighted by Crippen LogP contribution is -2.41. The number of para-hydroxylation sites is 1. The first-order valence-electron chi connectivity index (χ1n) is 9.97. The van der Waals surface area contributed by atoms with Gasteiger partial charge in [-0.25, -0.2) is 9.18 Å². The molecule has 0 saturated heterocycles. The molecule has 0 spiro atoms. The zero-order valence-corrected chi connectivity index (χ0v) is 17.8. The fraction of sp³-hybridized carbons (Fsp3) is 0.167. The quantitative estimate of drug-likeness (QED) is 0.586. The molecule has 5 nitrogen and oxygen atoms in total. The highest BCUT2D eigenvalue weighted by molar-refractivity contribution is 8.00. The van der Waals surface area contributed by atoms with Gasteiger partial charge in [-0.15, -0.1) is 11.8 Å². The van der Waals surface area contributed by atoms with E-state index in [1.807, 2.05) is 24.3 Å². The molecule has 158 valence electrons. The Morgan fingerprint density at radius 1 is 1.03 bits per heavy atom. The molecule has 1 aliphatic rings. The van der Waals surface area contributed by atoms with Crippen LogP contribution in [-0.2, 0) is 6.54 Å². The predicted molar refractivity (Wildman–Crippen MR) is 122 cm³/mol. The predicted octanol–water partition coefficient (Wildman–Crippen LogP) is 5.29. The van der Waals surface area contributed by atoms with Crippen LogP contribution in [0.25, 0.3) is 0 Å². The number of anilines is 2. The van der Waals surface area contributed by atoms with Crippen LogP contribution in [0.5, 0.6) is 0 Å². The minimum absolute atomic E-state index is 0.106. The molecule has 0 fully saturated rings. The number of amides is 3. The number of benzene rings is 3. The van der Waals surface area contributed by atoms with Gasteiger partial charge < -0.3 is 10.6 Å². The number of carbonyl (C=O) groups excluding carboxylic acids is 2. The number of urea groups is 1. The average molecular weight is 436 g/mol. The summed E-state index contributed by atoms with van der Waals surface area (Å²) < 4.78 is 13.7. The highest BCUT2D eigenvalue weighted by atomic mass is 32.2. The Balaban J connectivity index is 1.39. The van der Waals surface area contributed by atoms with Crippen LogP contribution in [0, 0.1) is 5.82 Å². The molecule has 0 radical (unpaired) electrons. The summed E-state index contributed by atoms with van der Waals surface area (Å²) in [6.07, 6.45) is 0. The van der Waals surface area contributed by atoms with Gasteiger partial charge in [0, 0.05) is 40.0 Å². The Hall–Kier alpha value is -3.32. The third-order valence-electron chi connectivity index (χ3n) is 4.96. The van der Waals surface area contributed by atoms with Crippen molar-refractivity contribution in [2.45, 2.75) is 23.6 Å². The molecule has 7 heteroatoms. The summed E-state index contributed by atoms with van der Waals surface area (Å²) in [4.78, 5) is 28.1. The molecule has 31 heavy (non-hydrogen) atoms. The molecule has 0 aliphatic carbocycles. The van der Waals surface area contributed by atoms with Crippen LogP contribution in [0.4, 0.5) is 20.6 Å². The molecule has 0 aromatic heterocycles. The fourth-order valence-corrected chi connectivity index (χ4v) is 4.51. The molecule has 3 amide bonds. The molecule has 1 heterocycles. The van der Waals surface area contributed by atoms with E-state index in [1.54, 1.807) is 59.1 Å². The summed E-state index contributed by atoms with van der Waals surface area (Å²) >= 11 is 1.76. The van der Waals surface area contributed by atoms with Crippen molar-refractivity contribution in [2.75, 3.05) is 16.8 Å². The number of nitrogens with zero attached hydrogens (tertiary/aromatic N) is 1. The van der Waals surface area contributed by atoms with Crippen LogP contribution in [0.2, 0.25) is 0 Å². The number of hydrogen-bond acceptors (Lipinski definition) is 3. The van der Waals surface area contributed by atoms with Crippen molar-refractivity contribution in [2.24, 2.45) is 0 Å². The van der Waals surface area contributed by atoms with E-state index in [1.165, 1.54) is 6.07 Å². The molecule has 3 aromatic carbocycles. The standard InChI is InChI=1S/C24H22FN3O2S/c1-16-15-28(21-8-4-5-9-22(21)31-16)24(30)27-19-12-10-17(11-13-19)23(29)26-14-18-6-2-3-7-20(18)25/h2-13,16H,14-15H2,1H3,(H,26,29)(H,27,30)/t16-/m0/s1. The van der Waals surface area contributed by atoms with Crippen LogP contribution >= 0.6 is 11.8 Å². The van der Waals surface area contributed by atoms with Gasteiger partial charge in [-0.05, 0) is 42.5 Å². The van der Waals surface area contributed by atoms with Gasteiger partial charge in [0.2, 0.25) is 0 Å². The lowest BCUT2D eigenvalue weighted by atomic mass is 10.1. The molecular formula is C24H22FN3O2S. The normalized spacial score (nSPS) is 15.2. The van der Waals surface area contributed by atoms with Gasteiger partial charge in [0.15, 0.2) is 0 Å². The van der Waals surface area contributed by atoms with Crippen LogP contribution in [0.1, 0.15) is 22.8 Å². The third-order valence-corrected chi connectivity index (χ3v) is 6.12. The van der Waals surface area contributed by atoms with Gasteiger partial charge in [-0.2, -0.15) is 0 Å². The lowest BCUT2D eigenvalue weighted by Gasteiger charge is -2.32. The zero-order valence-electron chi connectivity index (χ0n) is 17.0. The lowest BCUT2D eigenvalue weighted by molar-refractivity contribution is 0.0950. The van der Waals surface area contributed by atoms with Crippen LogP contribution in [-0.4, -0.2) is 23.7 Å². The average Bonchev–Trinajstić information content (AvgIpc) is 2.78. The number of carbonyl (C=O) groups is 2. The van der Waals surface area contributed by atoms with Crippen molar-refractivity contribution < 1.29 is 14.0 Å². The van der Waals surface area contributed by atoms with Gasteiger partial charge >= 0.3 is 6.03 Å². The smallest absolute Gasteiger partial charge is 0.326 e. The molecule has 4 rings (SSSR count). The van der Waals surface area contributed by atoms with E-state index < -0.39 is 0 Å². The zero-order chi connectivity index (χ0) is 21.8. The molecule has 0 saturated carbocycles. The van der Waals surface area contributed by atoms with Crippen LogP contribution < -0.4 is 15.5 Å². The molecule has 1 aliphatic heterocycles. The minimum Gasteiger partial charge on any atom is -0.348 e. The second-order valence-corrected chi connectivity index (χ2v) is 8.77. The molecule has 3 aromatic rings. The molecule has 0 bridgehead atoms. The maximum atomic E-state index is 13.7. The van der Waals surface area contributed by atoms with Gasteiger partial charge in [-0.3, -0.25) is 9.69 Å². The first-order chi connectivity index (χ1) is 15.0. The first-order valence-corrected chi connectivity index (χ1v) is 10.8. The first kappa shape index (κ1) is 20.9. The maximum absolute atomic E-state index is 13.7. The molecule has 2 N–H and O–H groups in total. The van der Waals surface area contributed by atoms with Gasteiger partial charge in [0.1, 0.15) is 5.82 Å². The van der Waals surface area contributed by atoms with E-state index in [0.29, 0.717) is 28.6 Å². The Bertz CT molecular complexity index is 1100. The maximum Gasteiger partial charge on any atom is 0.326 e. The Morgan fingerprint density at radius 2 is 1.74 bits per heavy atom. The number of halogens is 1. The van der Waals surface area contributed by atoms with Gasteiger partial charge in [-0.1, -0.05) is 37.3 Å². The van der Waals surface area contributed by atoms with Crippen molar-refractivity contribution in [1.29, 1.82) is 0 Å². The van der Waals surface area contributed by atoms with E-state index in [0.717, 1.165) is 10.6 Å². The van der Waals surface area contributed by atoms with Gasteiger partial charge in [0.05, 0.1) is 5.69 Å². The van der Waals surface area contributed by atoms with Crippen molar-refractivity contribution >= 4 is 35.1 Å². The van der Waals surface area contributed by atoms with E-state index >= 15 is 0 Å². The highest BCUT2D eigenvalue weighted by Gasteiger charge is 2.26. The fourth-order valence-electron chi connectivity index (χ4n) is 3.40. The third kappa shape index (κ3) is 4.88. The number of fused-ring (bicyclic) bond motifs is 1. The van der Waals surface area contributed by atoms with Crippen molar-refractivity contribution in [3.63, 3.8) is 0 Å². The van der Waals surface area contributed by atoms with Gasteiger partial charge in [0.25, 0.3) is 5.91 Å². The summed E-state index contributed by atoms with van der Waals surface area (Å²) in [5.41, 5.74) is 2.35. The Morgan fingerprint density at radius 3 is 2.52 bits per heavy atom. The van der Waals surface area contributed by atoms with Crippen molar-refractivity contribution in [3.05, 3.63) is 89.7 Å². The summed E-state index contributed by atoms with van der Waals surface area (Å²) in [6.45, 7) is 2.81. The summed E-state index contributed by atoms with van der Waals surface area (Å²) in [5.74, 6) is -0.662. The SMILES string of the molecule is C[C@H]1CN(C(=O)Nc2ccc(C(=O)NCc3ccccc3F)cc2)c2ccccc2S1. The van der Waals surface area contributed by atoms with E-state index in [9.17, 15) is 14.0 Å². The number of hydrogen-bond donors (Lipinski definition) is 2. The van der Waals surface area contributed by atoms with Crippen LogP contribution in [0.15, 0.2) is 77.7 Å². The highest BCUT2D eigenvalue weighted by Crippen LogP contribution is 2.38. The summed E-state index contributed by atoms with van der Waals surface area (Å²) in [7, 11) is 0. The van der Waals surface area contributed by atoms with E-state index in [4.69, 9.17) is 0 Å². The largest absolute Gasteiger partial charge is 0.348 e. The number of nitrogens with one attached hydrogen (secondary N) is 2. The Labute approximate surface area is 184 Å². The van der Waals surface area contributed by atoms with Crippen LogP contribution in [0.3, 0.4) is 0 Å².